The first-order valence-electron chi connectivity index (χ1n) is 10.9. The van der Waals surface area contributed by atoms with Crippen LogP contribution in [0.2, 0.25) is 0 Å². The van der Waals surface area contributed by atoms with E-state index in [1.807, 2.05) is 56.3 Å². The average molecular weight is 439 g/mol. The van der Waals surface area contributed by atoms with E-state index in [0.717, 1.165) is 18.5 Å². The van der Waals surface area contributed by atoms with Crippen molar-refractivity contribution in [2.24, 2.45) is 11.1 Å². The topological polar surface area (TPSA) is 79.2 Å². The third-order valence-electron chi connectivity index (χ3n) is 5.02. The summed E-state index contributed by atoms with van der Waals surface area (Å²) in [7, 11) is 1.34. The number of methoxy groups -OCH3 is 1. The Kier molecular flexibility index (Phi) is 8.66. The van der Waals surface area contributed by atoms with Crippen LogP contribution in [-0.2, 0) is 23.8 Å². The van der Waals surface area contributed by atoms with Crippen molar-refractivity contribution in [3.8, 4) is 0 Å². The quantitative estimate of drug-likeness (QED) is 0.124. The van der Waals surface area contributed by atoms with E-state index in [1.165, 1.54) is 13.4 Å². The van der Waals surface area contributed by atoms with Gasteiger partial charge in [0.1, 0.15) is 5.57 Å². The minimum Gasteiger partial charge on any atom is -0.501 e. The molecule has 1 fully saturated rings. The number of nitrogens with zero attached hydrogens (tertiary/aromatic N) is 2. The van der Waals surface area contributed by atoms with Gasteiger partial charge in [-0.3, -0.25) is 4.98 Å². The third kappa shape index (κ3) is 6.33. The van der Waals surface area contributed by atoms with E-state index in [4.69, 9.17) is 19.0 Å². The van der Waals surface area contributed by atoms with Crippen LogP contribution in [0.25, 0.3) is 5.57 Å². The monoisotopic (exact) mass is 438 g/mol. The Morgan fingerprint density at radius 3 is 2.53 bits per heavy atom. The van der Waals surface area contributed by atoms with Crippen molar-refractivity contribution < 1.29 is 23.8 Å². The molecule has 1 aliphatic rings. The first-order chi connectivity index (χ1) is 15.7. The van der Waals surface area contributed by atoms with Crippen LogP contribution in [0.15, 0.2) is 60.1 Å². The van der Waals surface area contributed by atoms with Gasteiger partial charge < -0.3 is 19.0 Å². The predicted octanol–water partition coefficient (Wildman–Crippen LogP) is 4.89. The van der Waals surface area contributed by atoms with Crippen molar-refractivity contribution in [2.75, 3.05) is 20.3 Å². The summed E-state index contributed by atoms with van der Waals surface area (Å²) in [6.07, 6.45) is 5.79. The summed E-state index contributed by atoms with van der Waals surface area (Å²) in [5.41, 5.74) is 2.29. The number of ether oxygens (including phenoxy) is 3. The van der Waals surface area contributed by atoms with Gasteiger partial charge in [0.2, 0.25) is 0 Å². The fraction of sp³-hybridized carbons (Fsp3) is 0.400. The molecule has 7 heteroatoms. The van der Waals surface area contributed by atoms with Gasteiger partial charge in [-0.2, -0.15) is 0 Å². The molecule has 7 nitrogen and oxygen atoms in total. The molecule has 1 unspecified atom stereocenters. The molecular weight excluding hydrogens is 408 g/mol. The van der Waals surface area contributed by atoms with Gasteiger partial charge in [0.15, 0.2) is 6.10 Å². The van der Waals surface area contributed by atoms with Crippen molar-refractivity contribution in [3.63, 3.8) is 0 Å². The molecule has 1 aromatic carbocycles. The summed E-state index contributed by atoms with van der Waals surface area (Å²) in [6.45, 7) is 4.82. The minimum absolute atomic E-state index is 0.282. The molecule has 1 aromatic heterocycles. The van der Waals surface area contributed by atoms with Crippen LogP contribution >= 0.6 is 0 Å². The van der Waals surface area contributed by atoms with Crippen LogP contribution in [0.5, 0.6) is 0 Å². The highest BCUT2D eigenvalue weighted by Crippen LogP contribution is 2.30. The SMILES string of the molecule is CCO/C=C(/C(=O)OC)c1ccccc1/C(=N\OC(CC)c1ccccn1)OCC1CC1. The van der Waals surface area contributed by atoms with E-state index >= 15 is 0 Å². The summed E-state index contributed by atoms with van der Waals surface area (Å²) >= 11 is 0. The number of hydrogen-bond donors (Lipinski definition) is 0. The summed E-state index contributed by atoms with van der Waals surface area (Å²) in [5.74, 6) is 0.325. The van der Waals surface area contributed by atoms with E-state index in [9.17, 15) is 4.79 Å². The largest absolute Gasteiger partial charge is 0.501 e. The van der Waals surface area contributed by atoms with Gasteiger partial charge in [-0.15, -0.1) is 0 Å². The number of hydrogen-bond acceptors (Lipinski definition) is 7. The molecule has 0 radical (unpaired) electrons. The van der Waals surface area contributed by atoms with Crippen LogP contribution in [0, 0.1) is 5.92 Å². The number of carbonyl (C=O) groups is 1. The first-order valence-corrected chi connectivity index (χ1v) is 10.9. The van der Waals surface area contributed by atoms with Crippen LogP contribution in [0.3, 0.4) is 0 Å². The number of pyridine rings is 1. The molecule has 32 heavy (non-hydrogen) atoms. The highest BCUT2D eigenvalue weighted by molar-refractivity contribution is 6.19. The van der Waals surface area contributed by atoms with Crippen molar-refractivity contribution in [2.45, 2.75) is 39.2 Å². The van der Waals surface area contributed by atoms with E-state index in [2.05, 4.69) is 10.1 Å². The van der Waals surface area contributed by atoms with Gasteiger partial charge in [0, 0.05) is 17.3 Å². The lowest BCUT2D eigenvalue weighted by molar-refractivity contribution is -0.133. The predicted molar refractivity (Wildman–Crippen MR) is 122 cm³/mol. The molecule has 0 N–H and O–H groups in total. The van der Waals surface area contributed by atoms with Gasteiger partial charge in [-0.05, 0) is 55.5 Å². The normalized spacial score (nSPS) is 15.1. The van der Waals surface area contributed by atoms with Gasteiger partial charge in [-0.1, -0.05) is 31.2 Å². The van der Waals surface area contributed by atoms with Gasteiger partial charge in [0.25, 0.3) is 5.90 Å². The maximum absolute atomic E-state index is 12.5. The van der Waals surface area contributed by atoms with Gasteiger partial charge in [-0.25, -0.2) is 4.79 Å². The second kappa shape index (κ2) is 11.9. The van der Waals surface area contributed by atoms with Crippen molar-refractivity contribution in [1.82, 2.24) is 4.98 Å². The second-order valence-electron chi connectivity index (χ2n) is 7.43. The summed E-state index contributed by atoms with van der Waals surface area (Å²) in [5, 5.41) is 4.38. The molecule has 0 saturated heterocycles. The molecule has 0 bridgehead atoms. The zero-order valence-corrected chi connectivity index (χ0v) is 18.8. The Morgan fingerprint density at radius 1 is 1.16 bits per heavy atom. The zero-order chi connectivity index (χ0) is 22.8. The van der Waals surface area contributed by atoms with Crippen LogP contribution in [-0.4, -0.2) is 37.2 Å². The average Bonchev–Trinajstić information content (AvgIpc) is 3.67. The number of rotatable bonds is 11. The number of aromatic nitrogens is 1. The fourth-order valence-electron chi connectivity index (χ4n) is 3.05. The third-order valence-corrected chi connectivity index (χ3v) is 5.02. The molecule has 3 rings (SSSR count). The molecule has 0 amide bonds. The summed E-state index contributed by atoms with van der Waals surface area (Å²) in [6, 6.07) is 13.0. The molecule has 0 aliphatic heterocycles. The van der Waals surface area contributed by atoms with Gasteiger partial charge in [0.05, 0.1) is 32.3 Å². The van der Waals surface area contributed by atoms with Crippen LogP contribution in [0.1, 0.15) is 56.0 Å². The van der Waals surface area contributed by atoms with Crippen molar-refractivity contribution in [1.29, 1.82) is 0 Å². The Labute approximate surface area is 189 Å². The summed E-state index contributed by atoms with van der Waals surface area (Å²) in [4.78, 5) is 22.7. The van der Waals surface area contributed by atoms with Gasteiger partial charge >= 0.3 is 5.97 Å². The van der Waals surface area contributed by atoms with E-state index < -0.39 is 5.97 Å². The maximum atomic E-state index is 12.5. The standard InChI is InChI=1S/C25H30N2O5/c1-4-23(22-12-8-9-15-26-22)32-27-24(31-16-18-13-14-18)20-11-7-6-10-19(20)21(17-30-5-2)25(28)29-3/h6-12,15,17-18,23H,4-5,13-14,16H2,1-3H3/b21-17+,27-24+. The molecule has 2 aromatic rings. The van der Waals surface area contributed by atoms with Crippen molar-refractivity contribution in [3.05, 3.63) is 71.7 Å². The Morgan fingerprint density at radius 2 is 1.91 bits per heavy atom. The lowest BCUT2D eigenvalue weighted by Gasteiger charge is -2.17. The molecule has 1 saturated carbocycles. The minimum atomic E-state index is -0.506. The van der Waals surface area contributed by atoms with Crippen LogP contribution in [0.4, 0.5) is 0 Å². The molecule has 1 heterocycles. The summed E-state index contributed by atoms with van der Waals surface area (Å²) < 4.78 is 16.5. The number of oxime groups is 1. The zero-order valence-electron chi connectivity index (χ0n) is 18.8. The second-order valence-corrected chi connectivity index (χ2v) is 7.43. The molecule has 1 atom stereocenters. The Bertz CT molecular complexity index is 938. The molecule has 0 spiro atoms. The number of esters is 1. The Hall–Kier alpha value is -3.35. The maximum Gasteiger partial charge on any atom is 0.341 e. The molecule has 1 aliphatic carbocycles. The van der Waals surface area contributed by atoms with E-state index in [0.29, 0.717) is 42.6 Å². The fourth-order valence-corrected chi connectivity index (χ4v) is 3.05. The lowest BCUT2D eigenvalue weighted by atomic mass is 10.0. The first kappa shape index (κ1) is 23.3. The Balaban J connectivity index is 1.96. The number of carbonyl (C=O) groups excluding carboxylic acids is 1. The highest BCUT2D eigenvalue weighted by Gasteiger charge is 2.26. The van der Waals surface area contributed by atoms with E-state index in [1.54, 1.807) is 6.20 Å². The number of benzene rings is 1. The van der Waals surface area contributed by atoms with Crippen LogP contribution < -0.4 is 0 Å². The highest BCUT2D eigenvalue weighted by atomic mass is 16.7. The molecular formula is C25H30N2O5. The smallest absolute Gasteiger partial charge is 0.341 e. The van der Waals surface area contributed by atoms with Crippen molar-refractivity contribution >= 4 is 17.4 Å². The molecule has 170 valence electrons. The lowest BCUT2D eigenvalue weighted by Crippen LogP contribution is -2.15. The van der Waals surface area contributed by atoms with E-state index in [-0.39, 0.29) is 11.7 Å².